The van der Waals surface area contributed by atoms with Crippen LogP contribution in [-0.4, -0.2) is 45.1 Å². The molecule has 2 aromatic rings. The average Bonchev–Trinajstić information content (AvgIpc) is 2.70. The van der Waals surface area contributed by atoms with E-state index in [0.717, 1.165) is 6.07 Å². The Morgan fingerprint density at radius 3 is 2.59 bits per heavy atom. The minimum Gasteiger partial charge on any atom is -0.489 e. The van der Waals surface area contributed by atoms with Crippen molar-refractivity contribution in [2.75, 3.05) is 31.6 Å². The first kappa shape index (κ1) is 21.5. The number of nitrogens with zero attached hydrogens (tertiary/aromatic N) is 1. The van der Waals surface area contributed by atoms with E-state index in [-0.39, 0.29) is 36.2 Å². The number of nitrogens with one attached hydrogen (secondary N) is 1. The highest BCUT2D eigenvalue weighted by Crippen LogP contribution is 2.31. The minimum absolute atomic E-state index is 0.0287. The predicted octanol–water partition coefficient (Wildman–Crippen LogP) is 3.39. The molecule has 1 N–H and O–H groups in total. The molecule has 0 radical (unpaired) electrons. The van der Waals surface area contributed by atoms with Crippen molar-refractivity contribution in [3.8, 4) is 5.75 Å². The van der Waals surface area contributed by atoms with Crippen LogP contribution in [0, 0.1) is 11.6 Å². The lowest BCUT2D eigenvalue weighted by Crippen LogP contribution is -2.40. The van der Waals surface area contributed by atoms with E-state index >= 15 is 0 Å². The fourth-order valence-electron chi connectivity index (χ4n) is 2.98. The molecule has 0 unspecified atom stereocenters. The van der Waals surface area contributed by atoms with Crippen LogP contribution in [0.1, 0.15) is 19.4 Å². The summed E-state index contributed by atoms with van der Waals surface area (Å²) in [5.41, 5.74) is 0.513. The zero-order chi connectivity index (χ0) is 21.0. The van der Waals surface area contributed by atoms with Crippen LogP contribution in [-0.2, 0) is 21.3 Å². The maximum Gasteiger partial charge on any atom is 0.243 e. The second kappa shape index (κ2) is 9.06. The van der Waals surface area contributed by atoms with Crippen LogP contribution in [0.2, 0.25) is 0 Å². The van der Waals surface area contributed by atoms with E-state index in [1.54, 1.807) is 6.07 Å². The SMILES string of the molecule is CC(C)Oc1ccc(S(=O)(=O)N2CCOCC2)cc1NCc1cccc(F)c1F. The number of anilines is 1. The van der Waals surface area contributed by atoms with E-state index in [2.05, 4.69) is 5.32 Å². The molecular formula is C20H24F2N2O4S. The van der Waals surface area contributed by atoms with Gasteiger partial charge in [0.25, 0.3) is 0 Å². The topological polar surface area (TPSA) is 67.9 Å². The van der Waals surface area contributed by atoms with Crippen molar-refractivity contribution in [1.82, 2.24) is 4.31 Å². The molecule has 0 aliphatic carbocycles. The Bertz CT molecular complexity index is 961. The Labute approximate surface area is 169 Å². The molecule has 0 atom stereocenters. The minimum atomic E-state index is -3.70. The molecular weight excluding hydrogens is 402 g/mol. The van der Waals surface area contributed by atoms with Gasteiger partial charge in [-0.05, 0) is 38.1 Å². The summed E-state index contributed by atoms with van der Waals surface area (Å²) in [6.07, 6.45) is -0.150. The summed E-state index contributed by atoms with van der Waals surface area (Å²) in [5.74, 6) is -1.45. The van der Waals surface area contributed by atoms with E-state index in [9.17, 15) is 17.2 Å². The number of sulfonamides is 1. The lowest BCUT2D eigenvalue weighted by molar-refractivity contribution is 0.0730. The third kappa shape index (κ3) is 5.04. The van der Waals surface area contributed by atoms with Crippen LogP contribution in [0.3, 0.4) is 0 Å². The Hall–Kier alpha value is -2.23. The van der Waals surface area contributed by atoms with Crippen molar-refractivity contribution in [1.29, 1.82) is 0 Å². The summed E-state index contributed by atoms with van der Waals surface area (Å²) in [4.78, 5) is 0.0951. The molecule has 3 rings (SSSR count). The number of ether oxygens (including phenoxy) is 2. The van der Waals surface area contributed by atoms with Gasteiger partial charge in [0.2, 0.25) is 10.0 Å². The van der Waals surface area contributed by atoms with Gasteiger partial charge in [0.1, 0.15) is 5.75 Å². The summed E-state index contributed by atoms with van der Waals surface area (Å²) in [6, 6.07) is 8.43. The molecule has 6 nitrogen and oxygen atoms in total. The van der Waals surface area contributed by atoms with E-state index in [1.165, 1.54) is 28.6 Å². The average molecular weight is 426 g/mol. The van der Waals surface area contributed by atoms with Gasteiger partial charge < -0.3 is 14.8 Å². The standard InChI is InChI=1S/C20H24F2N2O4S/c1-14(2)28-19-7-6-16(29(25,26)24-8-10-27-11-9-24)12-18(19)23-13-15-4-3-5-17(21)20(15)22/h3-7,12,14,23H,8-11,13H2,1-2H3. The lowest BCUT2D eigenvalue weighted by atomic mass is 10.2. The molecule has 29 heavy (non-hydrogen) atoms. The molecule has 9 heteroatoms. The summed E-state index contributed by atoms with van der Waals surface area (Å²) in [5, 5.41) is 2.98. The number of hydrogen-bond acceptors (Lipinski definition) is 5. The van der Waals surface area contributed by atoms with Gasteiger partial charge in [-0.3, -0.25) is 0 Å². The third-order valence-corrected chi connectivity index (χ3v) is 6.32. The maximum absolute atomic E-state index is 14.0. The second-order valence-electron chi connectivity index (χ2n) is 6.91. The fourth-order valence-corrected chi connectivity index (χ4v) is 4.41. The zero-order valence-electron chi connectivity index (χ0n) is 16.3. The van der Waals surface area contributed by atoms with Crippen molar-refractivity contribution in [3.05, 3.63) is 53.6 Å². The Balaban J connectivity index is 1.90. The molecule has 2 aromatic carbocycles. The third-order valence-electron chi connectivity index (χ3n) is 4.42. The molecule has 1 aliphatic rings. The predicted molar refractivity (Wildman–Crippen MR) is 105 cm³/mol. The molecule has 1 heterocycles. The van der Waals surface area contributed by atoms with Crippen LogP contribution in [0.4, 0.5) is 14.5 Å². The number of halogens is 2. The van der Waals surface area contributed by atoms with E-state index in [0.29, 0.717) is 24.7 Å². The Morgan fingerprint density at radius 2 is 1.90 bits per heavy atom. The van der Waals surface area contributed by atoms with Crippen LogP contribution >= 0.6 is 0 Å². The normalized spacial score (nSPS) is 15.5. The van der Waals surface area contributed by atoms with Crippen molar-refractivity contribution >= 4 is 15.7 Å². The van der Waals surface area contributed by atoms with Gasteiger partial charge in [0.15, 0.2) is 11.6 Å². The maximum atomic E-state index is 14.0. The van der Waals surface area contributed by atoms with Gasteiger partial charge >= 0.3 is 0 Å². The first-order valence-corrected chi connectivity index (χ1v) is 10.8. The summed E-state index contributed by atoms with van der Waals surface area (Å²) < 4.78 is 65.6. The highest BCUT2D eigenvalue weighted by Gasteiger charge is 2.27. The summed E-state index contributed by atoms with van der Waals surface area (Å²) >= 11 is 0. The number of benzene rings is 2. The smallest absolute Gasteiger partial charge is 0.243 e. The first-order valence-electron chi connectivity index (χ1n) is 9.34. The van der Waals surface area contributed by atoms with Crippen LogP contribution in [0.25, 0.3) is 0 Å². The molecule has 0 aromatic heterocycles. The van der Waals surface area contributed by atoms with Crippen molar-refractivity contribution < 1.29 is 26.7 Å². The molecule has 1 fully saturated rings. The summed E-state index contributed by atoms with van der Waals surface area (Å²) in [7, 11) is -3.70. The lowest BCUT2D eigenvalue weighted by Gasteiger charge is -2.26. The molecule has 1 aliphatic heterocycles. The van der Waals surface area contributed by atoms with Gasteiger partial charge in [-0.1, -0.05) is 12.1 Å². The zero-order valence-corrected chi connectivity index (χ0v) is 17.1. The first-order chi connectivity index (χ1) is 13.8. The molecule has 0 bridgehead atoms. The van der Waals surface area contributed by atoms with Gasteiger partial charge in [-0.25, -0.2) is 17.2 Å². The number of hydrogen-bond donors (Lipinski definition) is 1. The highest BCUT2D eigenvalue weighted by molar-refractivity contribution is 7.89. The summed E-state index contributed by atoms with van der Waals surface area (Å²) in [6.45, 7) is 4.91. The molecule has 158 valence electrons. The Kier molecular flexibility index (Phi) is 6.71. The number of morpholine rings is 1. The second-order valence-corrected chi connectivity index (χ2v) is 8.85. The Morgan fingerprint density at radius 1 is 1.17 bits per heavy atom. The van der Waals surface area contributed by atoms with E-state index in [1.807, 2.05) is 13.8 Å². The van der Waals surface area contributed by atoms with Crippen molar-refractivity contribution in [2.45, 2.75) is 31.4 Å². The highest BCUT2D eigenvalue weighted by atomic mass is 32.2. The monoisotopic (exact) mass is 426 g/mol. The van der Waals surface area contributed by atoms with Gasteiger partial charge in [-0.15, -0.1) is 0 Å². The molecule has 0 spiro atoms. The van der Waals surface area contributed by atoms with E-state index in [4.69, 9.17) is 9.47 Å². The van der Waals surface area contributed by atoms with Crippen LogP contribution < -0.4 is 10.1 Å². The molecule has 0 amide bonds. The molecule has 1 saturated heterocycles. The quantitative estimate of drug-likeness (QED) is 0.735. The van der Waals surface area contributed by atoms with Crippen molar-refractivity contribution in [3.63, 3.8) is 0 Å². The van der Waals surface area contributed by atoms with Gasteiger partial charge in [0.05, 0.1) is 29.9 Å². The fraction of sp³-hybridized carbons (Fsp3) is 0.400. The van der Waals surface area contributed by atoms with Gasteiger partial charge in [0, 0.05) is 25.2 Å². The van der Waals surface area contributed by atoms with Crippen LogP contribution in [0.15, 0.2) is 41.3 Å². The van der Waals surface area contributed by atoms with Gasteiger partial charge in [-0.2, -0.15) is 4.31 Å². The number of rotatable bonds is 7. The van der Waals surface area contributed by atoms with Crippen LogP contribution in [0.5, 0.6) is 5.75 Å². The molecule has 0 saturated carbocycles. The largest absolute Gasteiger partial charge is 0.489 e. The van der Waals surface area contributed by atoms with E-state index < -0.39 is 21.7 Å². The van der Waals surface area contributed by atoms with Crippen molar-refractivity contribution in [2.24, 2.45) is 0 Å².